The van der Waals surface area contributed by atoms with Gasteiger partial charge in [0.2, 0.25) is 0 Å². The van der Waals surface area contributed by atoms with Crippen molar-refractivity contribution < 1.29 is 116 Å². The average molecular weight is 1210 g/mol. The summed E-state index contributed by atoms with van der Waals surface area (Å²) in [6, 6.07) is 13.5. The first-order chi connectivity index (χ1) is 34.0. The Kier molecular flexibility index (Phi) is 20.0. The third-order valence-corrected chi connectivity index (χ3v) is 17.8. The molecule has 4 rings (SSSR count). The summed E-state index contributed by atoms with van der Waals surface area (Å²) in [5, 5.41) is 1.79. The predicted molar refractivity (Wildman–Crippen MR) is 256 cm³/mol. The van der Waals surface area contributed by atoms with Gasteiger partial charge in [0.25, 0.3) is 0 Å². The highest BCUT2D eigenvalue weighted by atomic mass is 32.3. The summed E-state index contributed by atoms with van der Waals surface area (Å²) in [6.07, 6.45) is 0. The molecule has 0 aliphatic heterocycles. The van der Waals surface area contributed by atoms with Crippen LogP contribution >= 0.6 is 0 Å². The number of rotatable bonds is 30. The number of methoxy groups -OCH3 is 3. The Morgan fingerprint density at radius 3 is 1.28 bits per heavy atom. The standard InChI is InChI=1S/C35H44N4O27S8/c1-60-32-12-11-29(69(44,45)19-15-65-73(54,55)56)22-31(32)39(37-30-23-34(62-3)35(24-33(30)61-2)70(46,47)20-16-66-74(57,58)59)38(26-5-4-6-28(21-26)68(42,43)18-14-64-72(51,52)53)36-25-7-9-27(10-8-25)67(40,41)17-13-63-71(48,49)50/h4-12,21-24,36-37H,13-20H2,1-3H3,(H,48,49,50)(H,51,52,53)(H,54,55,56)(H,57,58,59). The van der Waals surface area contributed by atoms with Gasteiger partial charge in [-0.1, -0.05) is 6.07 Å². The fraction of sp³-hybridized carbons (Fsp3) is 0.314. The molecule has 0 heterocycles. The van der Waals surface area contributed by atoms with Crippen LogP contribution in [0.5, 0.6) is 17.2 Å². The highest BCUT2D eigenvalue weighted by Crippen LogP contribution is 2.40. The minimum Gasteiger partial charge on any atom is -0.495 e. The smallest absolute Gasteiger partial charge is 0.397 e. The first-order valence-corrected chi connectivity index (χ1v) is 31.7. The molecule has 0 amide bonds. The second kappa shape index (κ2) is 24.2. The second-order valence-corrected chi connectivity index (χ2v) is 26.9. The van der Waals surface area contributed by atoms with Crippen molar-refractivity contribution >= 4 is 104 Å². The second-order valence-electron chi connectivity index (χ2n) is 14.2. The van der Waals surface area contributed by atoms with Gasteiger partial charge in [0.15, 0.2) is 39.3 Å². The molecule has 0 saturated carbocycles. The maximum atomic E-state index is 13.7. The number of sulfone groups is 4. The van der Waals surface area contributed by atoms with Crippen molar-refractivity contribution in [3.63, 3.8) is 0 Å². The van der Waals surface area contributed by atoms with Crippen molar-refractivity contribution in [1.29, 1.82) is 0 Å². The maximum absolute atomic E-state index is 13.7. The number of benzene rings is 4. The Hall–Kier alpha value is -5.24. The van der Waals surface area contributed by atoms with E-state index < -0.39 is 167 Å². The van der Waals surface area contributed by atoms with E-state index in [1.165, 1.54) is 6.07 Å². The number of hydrazine groups is 3. The predicted octanol–water partition coefficient (Wildman–Crippen LogP) is 0.367. The van der Waals surface area contributed by atoms with Crippen LogP contribution < -0.4 is 35.3 Å². The first kappa shape index (κ1) is 61.3. The normalized spacial score (nSPS) is 13.0. The zero-order valence-corrected chi connectivity index (χ0v) is 44.5. The highest BCUT2D eigenvalue weighted by Gasteiger charge is 2.30. The van der Waals surface area contributed by atoms with Gasteiger partial charge in [-0.2, -0.15) is 43.9 Å². The van der Waals surface area contributed by atoms with E-state index in [0.29, 0.717) is 0 Å². The van der Waals surface area contributed by atoms with Gasteiger partial charge < -0.3 is 14.2 Å². The fourth-order valence-electron chi connectivity index (χ4n) is 5.92. The summed E-state index contributed by atoms with van der Waals surface area (Å²) in [7, 11) is -35.3. The maximum Gasteiger partial charge on any atom is 0.397 e. The lowest BCUT2D eigenvalue weighted by molar-refractivity contribution is 0.282. The van der Waals surface area contributed by atoms with Crippen LogP contribution in [0.4, 0.5) is 22.7 Å². The van der Waals surface area contributed by atoms with E-state index in [9.17, 15) is 67.3 Å². The molecule has 0 unspecified atom stereocenters. The molecule has 74 heavy (non-hydrogen) atoms. The molecule has 0 aliphatic rings. The molecule has 0 spiro atoms. The SMILES string of the molecule is COc1cc(S(=O)(=O)CCOS(=O)(=O)O)c(OC)cc1NN(c1cc(S(=O)(=O)CCOS(=O)(=O)O)ccc1OC)N(Nc1ccc(S(=O)(=O)CCOS(=O)(=O)O)cc1)c1cccc(S(=O)(=O)CCOS(=O)(=O)O)c1. The molecule has 0 radical (unpaired) electrons. The van der Waals surface area contributed by atoms with E-state index in [-0.39, 0.29) is 22.8 Å². The van der Waals surface area contributed by atoms with Gasteiger partial charge in [0.1, 0.15) is 33.5 Å². The van der Waals surface area contributed by atoms with Gasteiger partial charge in [0, 0.05) is 12.1 Å². The topological polar surface area (TPSA) is 449 Å². The number of nitrogens with zero attached hydrogens (tertiary/aromatic N) is 2. The molecule has 414 valence electrons. The van der Waals surface area contributed by atoms with Gasteiger partial charge in [-0.15, -0.1) is 0 Å². The monoisotopic (exact) mass is 1210 g/mol. The summed E-state index contributed by atoms with van der Waals surface area (Å²) >= 11 is 0. The van der Waals surface area contributed by atoms with Crippen LogP contribution in [0.15, 0.2) is 98.4 Å². The van der Waals surface area contributed by atoms with Gasteiger partial charge >= 0.3 is 41.6 Å². The summed E-state index contributed by atoms with van der Waals surface area (Å²) in [5.41, 5.74) is 4.61. The summed E-state index contributed by atoms with van der Waals surface area (Å²) in [4.78, 5) is -2.25. The number of anilines is 4. The number of hydrogen-bond acceptors (Lipinski definition) is 27. The Morgan fingerprint density at radius 2 is 0.838 bits per heavy atom. The van der Waals surface area contributed by atoms with Gasteiger partial charge in [-0.05, 0) is 60.7 Å². The lowest BCUT2D eigenvalue weighted by Gasteiger charge is -2.39. The van der Waals surface area contributed by atoms with Gasteiger partial charge in [0.05, 0.1) is 96.8 Å². The zero-order chi connectivity index (χ0) is 55.7. The minimum absolute atomic E-state index is 0.108. The number of nitrogens with one attached hydrogen (secondary N) is 2. The Balaban J connectivity index is 2.06. The quantitative estimate of drug-likeness (QED) is 0.0303. The van der Waals surface area contributed by atoms with Crippen molar-refractivity contribution in [2.24, 2.45) is 0 Å². The van der Waals surface area contributed by atoms with Gasteiger partial charge in [-0.25, -0.2) is 50.4 Å². The van der Waals surface area contributed by atoms with Crippen molar-refractivity contribution in [1.82, 2.24) is 0 Å². The van der Waals surface area contributed by atoms with Crippen LogP contribution in [0.1, 0.15) is 0 Å². The van der Waals surface area contributed by atoms with Crippen LogP contribution in [-0.4, -0.2) is 156 Å². The van der Waals surface area contributed by atoms with E-state index in [2.05, 4.69) is 27.6 Å². The molecule has 39 heteroatoms. The van der Waals surface area contributed by atoms with Crippen molar-refractivity contribution in [3.05, 3.63) is 78.9 Å². The van der Waals surface area contributed by atoms with E-state index in [0.717, 1.165) is 104 Å². The van der Waals surface area contributed by atoms with Crippen molar-refractivity contribution in [3.8, 4) is 17.2 Å². The van der Waals surface area contributed by atoms with E-state index >= 15 is 0 Å². The summed E-state index contributed by atoms with van der Waals surface area (Å²) in [6.45, 7) is -4.24. The van der Waals surface area contributed by atoms with Crippen LogP contribution in [0.3, 0.4) is 0 Å². The molecule has 0 saturated heterocycles. The zero-order valence-electron chi connectivity index (χ0n) is 38.0. The fourth-order valence-corrected chi connectivity index (χ4v) is 12.1. The first-order valence-electron chi connectivity index (χ1n) is 19.7. The van der Waals surface area contributed by atoms with Gasteiger partial charge in [-0.3, -0.25) is 29.1 Å². The minimum atomic E-state index is -5.13. The molecule has 0 aromatic heterocycles. The third kappa shape index (κ3) is 18.3. The third-order valence-electron chi connectivity index (χ3n) is 9.19. The molecule has 31 nitrogen and oxygen atoms in total. The summed E-state index contributed by atoms with van der Waals surface area (Å²) < 4.78 is 266. The molecule has 0 fully saturated rings. The number of hydrogen-bond donors (Lipinski definition) is 6. The van der Waals surface area contributed by atoms with Crippen molar-refractivity contribution in [2.75, 3.05) is 91.9 Å². The molecule has 4 aromatic rings. The Labute approximate surface area is 425 Å². The molecule has 0 aliphatic carbocycles. The Morgan fingerprint density at radius 1 is 0.419 bits per heavy atom. The molecular formula is C35H44N4O27S8. The van der Waals surface area contributed by atoms with Crippen molar-refractivity contribution in [2.45, 2.75) is 19.6 Å². The van der Waals surface area contributed by atoms with E-state index in [4.69, 9.17) is 32.4 Å². The molecular weight excluding hydrogens is 1160 g/mol. The van der Waals surface area contributed by atoms with Crippen LogP contribution in [0.2, 0.25) is 0 Å². The number of ether oxygens (including phenoxy) is 3. The van der Waals surface area contributed by atoms with E-state index in [1.807, 2.05) is 0 Å². The largest absolute Gasteiger partial charge is 0.495 e. The molecule has 0 bridgehead atoms. The molecule has 6 N–H and O–H groups in total. The average Bonchev–Trinajstić information content (AvgIpc) is 3.27. The lowest BCUT2D eigenvalue weighted by atomic mass is 10.2. The highest BCUT2D eigenvalue weighted by molar-refractivity contribution is 7.92. The van der Waals surface area contributed by atoms with Crippen LogP contribution in [-0.2, 0) is 97.7 Å². The Bertz CT molecular complexity index is 3600. The van der Waals surface area contributed by atoms with Crippen LogP contribution in [0.25, 0.3) is 0 Å². The van der Waals surface area contributed by atoms with Crippen LogP contribution in [0, 0.1) is 0 Å². The summed E-state index contributed by atoms with van der Waals surface area (Å²) in [5.74, 6) is -5.27. The molecule has 4 aromatic carbocycles. The van der Waals surface area contributed by atoms with E-state index in [1.54, 1.807) is 0 Å². The lowest BCUT2D eigenvalue weighted by Crippen LogP contribution is -2.50. The molecule has 0 atom stereocenters.